The van der Waals surface area contributed by atoms with Gasteiger partial charge in [-0.1, -0.05) is 18.2 Å². The number of rotatable bonds is 2. The zero-order chi connectivity index (χ0) is 16.7. The Morgan fingerprint density at radius 3 is 2.71 bits per heavy atom. The molecule has 2 saturated heterocycles. The van der Waals surface area contributed by atoms with Crippen molar-refractivity contribution in [2.45, 2.75) is 31.6 Å². The number of hydrogen-bond donors (Lipinski definition) is 0. The highest BCUT2D eigenvalue weighted by Crippen LogP contribution is 2.47. The van der Waals surface area contributed by atoms with Crippen LogP contribution in [0.4, 0.5) is 5.69 Å². The molecule has 0 bridgehead atoms. The number of carbonyl (C=O) groups excluding carboxylic acids is 2. The van der Waals surface area contributed by atoms with Gasteiger partial charge in [0.15, 0.2) is 0 Å². The van der Waals surface area contributed by atoms with Gasteiger partial charge in [-0.15, -0.1) is 0 Å². The molecular formula is C19H24N2O3. The van der Waals surface area contributed by atoms with Gasteiger partial charge in [-0.2, -0.15) is 0 Å². The molecule has 0 saturated carbocycles. The van der Waals surface area contributed by atoms with Crippen molar-refractivity contribution in [1.29, 1.82) is 0 Å². The number of likely N-dealkylation sites (tertiary alicyclic amines) is 1. The number of fused-ring (bicyclic) bond motifs is 2. The van der Waals surface area contributed by atoms with E-state index in [1.807, 2.05) is 34.9 Å². The molecule has 1 aromatic carbocycles. The lowest BCUT2D eigenvalue weighted by Crippen LogP contribution is -2.51. The van der Waals surface area contributed by atoms with Crippen LogP contribution in [-0.4, -0.2) is 49.6 Å². The van der Waals surface area contributed by atoms with Gasteiger partial charge in [0.25, 0.3) is 0 Å². The van der Waals surface area contributed by atoms with Gasteiger partial charge in [0.2, 0.25) is 11.8 Å². The highest BCUT2D eigenvalue weighted by Gasteiger charge is 2.52. The second-order valence-electron chi connectivity index (χ2n) is 7.03. The van der Waals surface area contributed by atoms with E-state index >= 15 is 0 Å². The van der Waals surface area contributed by atoms with E-state index in [0.717, 1.165) is 30.5 Å². The predicted molar refractivity (Wildman–Crippen MR) is 90.9 cm³/mol. The van der Waals surface area contributed by atoms with Crippen molar-refractivity contribution in [3.8, 4) is 0 Å². The van der Waals surface area contributed by atoms with Crippen molar-refractivity contribution >= 4 is 17.5 Å². The summed E-state index contributed by atoms with van der Waals surface area (Å²) in [6.45, 7) is 5.27. The maximum atomic E-state index is 13.1. The highest BCUT2D eigenvalue weighted by molar-refractivity contribution is 6.08. The van der Waals surface area contributed by atoms with Gasteiger partial charge in [0.1, 0.15) is 0 Å². The summed E-state index contributed by atoms with van der Waals surface area (Å²) < 4.78 is 5.35. The Bertz CT molecular complexity index is 658. The van der Waals surface area contributed by atoms with Gasteiger partial charge in [-0.25, -0.2) is 0 Å². The fourth-order valence-corrected chi connectivity index (χ4v) is 4.49. The lowest BCUT2D eigenvalue weighted by molar-refractivity contribution is -0.139. The average molecular weight is 328 g/mol. The van der Waals surface area contributed by atoms with E-state index in [1.54, 1.807) is 0 Å². The second-order valence-corrected chi connectivity index (χ2v) is 7.03. The van der Waals surface area contributed by atoms with Crippen LogP contribution in [0.5, 0.6) is 0 Å². The summed E-state index contributed by atoms with van der Waals surface area (Å²) in [6.07, 6.45) is 2.27. The van der Waals surface area contributed by atoms with Crippen LogP contribution in [0.25, 0.3) is 0 Å². The quantitative estimate of drug-likeness (QED) is 0.834. The van der Waals surface area contributed by atoms with Crippen LogP contribution >= 0.6 is 0 Å². The molecule has 3 aliphatic rings. The molecular weight excluding hydrogens is 304 g/mol. The van der Waals surface area contributed by atoms with Gasteiger partial charge >= 0.3 is 0 Å². The topological polar surface area (TPSA) is 49.9 Å². The Labute approximate surface area is 142 Å². The molecule has 24 heavy (non-hydrogen) atoms. The maximum Gasteiger partial charge on any atom is 0.237 e. The fourth-order valence-electron chi connectivity index (χ4n) is 4.49. The van der Waals surface area contributed by atoms with Gasteiger partial charge in [-0.05, 0) is 37.8 Å². The summed E-state index contributed by atoms with van der Waals surface area (Å²) in [7, 11) is 0. The molecule has 1 aromatic rings. The van der Waals surface area contributed by atoms with Gasteiger partial charge in [-0.3, -0.25) is 9.59 Å². The molecule has 1 unspecified atom stereocenters. The molecule has 3 heterocycles. The van der Waals surface area contributed by atoms with Crippen LogP contribution in [0.15, 0.2) is 24.3 Å². The van der Waals surface area contributed by atoms with E-state index in [-0.39, 0.29) is 17.7 Å². The number of piperidine rings is 1. The minimum absolute atomic E-state index is 0.0118. The van der Waals surface area contributed by atoms with Gasteiger partial charge < -0.3 is 14.5 Å². The van der Waals surface area contributed by atoms with E-state index in [4.69, 9.17) is 4.74 Å². The number of likely N-dealkylation sites (N-methyl/N-ethyl adjacent to an activating group) is 1. The molecule has 2 fully saturated rings. The third kappa shape index (κ3) is 2.18. The highest BCUT2D eigenvalue weighted by atomic mass is 16.5. The van der Waals surface area contributed by atoms with E-state index < -0.39 is 5.41 Å². The zero-order valence-corrected chi connectivity index (χ0v) is 14.2. The van der Waals surface area contributed by atoms with Gasteiger partial charge in [0, 0.05) is 31.9 Å². The van der Waals surface area contributed by atoms with Crippen LogP contribution in [-0.2, 0) is 19.7 Å². The predicted octanol–water partition coefficient (Wildman–Crippen LogP) is 1.95. The van der Waals surface area contributed by atoms with Gasteiger partial charge in [0.05, 0.1) is 17.9 Å². The SMILES string of the molecule is CCN1C(=O)C2(CCN(C(=O)C3CCOC3)CC2)c2ccccc21. The van der Waals surface area contributed by atoms with Crippen molar-refractivity contribution in [2.75, 3.05) is 37.7 Å². The number of benzene rings is 1. The van der Waals surface area contributed by atoms with Crippen LogP contribution in [0, 0.1) is 5.92 Å². The third-order valence-corrected chi connectivity index (χ3v) is 5.89. The monoisotopic (exact) mass is 328 g/mol. The largest absolute Gasteiger partial charge is 0.381 e. The molecule has 0 radical (unpaired) electrons. The number of para-hydroxylation sites is 1. The van der Waals surface area contributed by atoms with Crippen LogP contribution < -0.4 is 4.90 Å². The van der Waals surface area contributed by atoms with E-state index in [2.05, 4.69) is 6.07 Å². The van der Waals surface area contributed by atoms with Crippen molar-refractivity contribution < 1.29 is 14.3 Å². The summed E-state index contributed by atoms with van der Waals surface area (Å²) in [5.74, 6) is 0.425. The first kappa shape index (κ1) is 15.6. The molecule has 0 aliphatic carbocycles. The van der Waals surface area contributed by atoms with Crippen molar-refractivity contribution in [3.63, 3.8) is 0 Å². The number of anilines is 1. The summed E-state index contributed by atoms with van der Waals surface area (Å²) in [5, 5.41) is 0. The fraction of sp³-hybridized carbons (Fsp3) is 0.579. The Morgan fingerprint density at radius 1 is 1.29 bits per heavy atom. The zero-order valence-electron chi connectivity index (χ0n) is 14.2. The van der Waals surface area contributed by atoms with Crippen molar-refractivity contribution in [1.82, 2.24) is 4.90 Å². The minimum atomic E-state index is -0.435. The molecule has 4 rings (SSSR count). The number of hydrogen-bond acceptors (Lipinski definition) is 3. The Kier molecular flexibility index (Phi) is 3.83. The first-order valence-electron chi connectivity index (χ1n) is 8.95. The first-order chi connectivity index (χ1) is 11.7. The maximum absolute atomic E-state index is 13.1. The molecule has 0 N–H and O–H groups in total. The summed E-state index contributed by atoms with van der Waals surface area (Å²) in [5.41, 5.74) is 1.76. The molecule has 2 amide bonds. The molecule has 1 spiro atoms. The van der Waals surface area contributed by atoms with E-state index in [0.29, 0.717) is 32.8 Å². The normalized spacial score (nSPS) is 25.4. The summed E-state index contributed by atoms with van der Waals surface area (Å²) >= 11 is 0. The molecule has 0 aromatic heterocycles. The van der Waals surface area contributed by atoms with E-state index in [1.165, 1.54) is 0 Å². The van der Waals surface area contributed by atoms with Crippen LogP contribution in [0.3, 0.4) is 0 Å². The van der Waals surface area contributed by atoms with Crippen molar-refractivity contribution in [3.05, 3.63) is 29.8 Å². The smallest absolute Gasteiger partial charge is 0.237 e. The molecule has 128 valence electrons. The average Bonchev–Trinajstić information content (AvgIpc) is 3.23. The Balaban J connectivity index is 1.56. The molecule has 5 nitrogen and oxygen atoms in total. The molecule has 5 heteroatoms. The third-order valence-electron chi connectivity index (χ3n) is 5.89. The number of carbonyl (C=O) groups is 2. The Morgan fingerprint density at radius 2 is 2.04 bits per heavy atom. The lowest BCUT2D eigenvalue weighted by Gasteiger charge is -2.39. The number of nitrogens with zero attached hydrogens (tertiary/aromatic N) is 2. The minimum Gasteiger partial charge on any atom is -0.381 e. The number of amides is 2. The van der Waals surface area contributed by atoms with Crippen LogP contribution in [0.2, 0.25) is 0 Å². The van der Waals surface area contributed by atoms with E-state index in [9.17, 15) is 9.59 Å². The Hall–Kier alpha value is -1.88. The summed E-state index contributed by atoms with van der Waals surface area (Å²) in [4.78, 5) is 29.5. The number of ether oxygens (including phenoxy) is 1. The second kappa shape index (κ2) is 5.88. The standard InChI is InChI=1S/C19H24N2O3/c1-2-21-16-6-4-3-5-15(16)19(18(21)23)8-10-20(11-9-19)17(22)14-7-12-24-13-14/h3-6,14H,2,7-13H2,1H3. The molecule has 1 atom stereocenters. The molecule has 3 aliphatic heterocycles. The lowest BCUT2D eigenvalue weighted by atomic mass is 9.73. The summed E-state index contributed by atoms with van der Waals surface area (Å²) in [6, 6.07) is 8.14. The first-order valence-corrected chi connectivity index (χ1v) is 8.95. The van der Waals surface area contributed by atoms with Crippen LogP contribution in [0.1, 0.15) is 31.7 Å². The van der Waals surface area contributed by atoms with Crippen molar-refractivity contribution in [2.24, 2.45) is 5.92 Å².